The molecule has 0 saturated carbocycles. The zero-order valence-electron chi connectivity index (χ0n) is 7.87. The first kappa shape index (κ1) is 11.0. The number of pyridine rings is 1. The lowest BCUT2D eigenvalue weighted by atomic mass is 10.2. The number of carbonyl (C=O) groups excluding carboxylic acids is 1. The van der Waals surface area contributed by atoms with Crippen LogP contribution in [-0.4, -0.2) is 22.7 Å². The van der Waals surface area contributed by atoms with Crippen LogP contribution in [0.3, 0.4) is 0 Å². The van der Waals surface area contributed by atoms with Crippen LogP contribution >= 0.6 is 15.9 Å². The smallest absolute Gasteiger partial charge is 0.340 e. The molecule has 0 bridgehead atoms. The van der Waals surface area contributed by atoms with Crippen LogP contribution in [-0.2, 0) is 4.74 Å². The van der Waals surface area contributed by atoms with Crippen LogP contribution in [0.1, 0.15) is 23.0 Å². The molecule has 14 heavy (non-hydrogen) atoms. The van der Waals surface area contributed by atoms with Gasteiger partial charge >= 0.3 is 5.97 Å². The lowest BCUT2D eigenvalue weighted by Gasteiger charge is -2.05. The third kappa shape index (κ3) is 2.23. The third-order valence-electron chi connectivity index (χ3n) is 1.64. The van der Waals surface area contributed by atoms with Gasteiger partial charge in [0.15, 0.2) is 0 Å². The van der Waals surface area contributed by atoms with E-state index >= 15 is 0 Å². The topological polar surface area (TPSA) is 59.4 Å². The molecule has 76 valence electrons. The van der Waals surface area contributed by atoms with E-state index in [-0.39, 0.29) is 11.3 Å². The maximum absolute atomic E-state index is 11.3. The van der Waals surface area contributed by atoms with E-state index in [1.54, 1.807) is 13.8 Å². The van der Waals surface area contributed by atoms with Gasteiger partial charge in [0, 0.05) is 0 Å². The highest BCUT2D eigenvalue weighted by molar-refractivity contribution is 9.10. The molecule has 0 aliphatic carbocycles. The van der Waals surface area contributed by atoms with Gasteiger partial charge in [-0.05, 0) is 35.8 Å². The second-order valence-electron chi connectivity index (χ2n) is 2.65. The average molecular weight is 260 g/mol. The van der Waals surface area contributed by atoms with Crippen LogP contribution < -0.4 is 0 Å². The van der Waals surface area contributed by atoms with Crippen molar-refractivity contribution in [3.8, 4) is 5.75 Å². The second kappa shape index (κ2) is 4.41. The fourth-order valence-corrected chi connectivity index (χ4v) is 1.36. The Hall–Kier alpha value is -1.10. The Morgan fingerprint density at radius 3 is 2.93 bits per heavy atom. The van der Waals surface area contributed by atoms with Gasteiger partial charge in [-0.25, -0.2) is 9.78 Å². The minimum absolute atomic E-state index is 0.0707. The van der Waals surface area contributed by atoms with Gasteiger partial charge in [0.25, 0.3) is 0 Å². The van der Waals surface area contributed by atoms with Crippen LogP contribution in [0.4, 0.5) is 0 Å². The van der Waals surface area contributed by atoms with Crippen molar-refractivity contribution in [1.29, 1.82) is 0 Å². The molecular formula is C9H10BrNO3. The number of rotatable bonds is 2. The number of aryl methyl sites for hydroxylation is 1. The standard InChI is InChI=1S/C9H10BrNO3/c1-3-14-9(13)6-4-7(12)8(10)11-5(6)2/h4,12H,3H2,1-2H3. The highest BCUT2D eigenvalue weighted by Crippen LogP contribution is 2.24. The van der Waals surface area contributed by atoms with Crippen LogP contribution in [0, 0.1) is 6.92 Å². The van der Waals surface area contributed by atoms with Gasteiger partial charge in [-0.2, -0.15) is 0 Å². The number of aromatic nitrogens is 1. The Morgan fingerprint density at radius 1 is 1.71 bits per heavy atom. The maximum Gasteiger partial charge on any atom is 0.340 e. The molecule has 1 rings (SSSR count). The first-order chi connectivity index (χ1) is 6.56. The molecule has 0 unspecified atom stereocenters. The molecule has 0 amide bonds. The zero-order chi connectivity index (χ0) is 10.7. The predicted octanol–water partition coefficient (Wildman–Crippen LogP) is 2.03. The molecule has 0 aliphatic heterocycles. The van der Waals surface area contributed by atoms with Gasteiger partial charge in [-0.3, -0.25) is 0 Å². The van der Waals surface area contributed by atoms with Gasteiger partial charge in [-0.15, -0.1) is 0 Å². The van der Waals surface area contributed by atoms with Gasteiger partial charge in [0.2, 0.25) is 0 Å². The molecule has 0 aliphatic rings. The molecule has 0 fully saturated rings. The number of nitrogens with zero attached hydrogens (tertiary/aromatic N) is 1. The largest absolute Gasteiger partial charge is 0.505 e. The van der Waals surface area contributed by atoms with E-state index in [9.17, 15) is 9.90 Å². The predicted molar refractivity (Wildman–Crippen MR) is 54.3 cm³/mol. The summed E-state index contributed by atoms with van der Waals surface area (Å²) in [7, 11) is 0. The van der Waals surface area contributed by atoms with Crippen LogP contribution in [0.15, 0.2) is 10.7 Å². The van der Waals surface area contributed by atoms with E-state index in [0.29, 0.717) is 16.9 Å². The number of esters is 1. The van der Waals surface area contributed by atoms with Crippen molar-refractivity contribution in [2.75, 3.05) is 6.61 Å². The van der Waals surface area contributed by atoms with Gasteiger partial charge in [-0.1, -0.05) is 0 Å². The lowest BCUT2D eigenvalue weighted by Crippen LogP contribution is -2.07. The summed E-state index contributed by atoms with van der Waals surface area (Å²) in [5.74, 6) is -0.543. The normalized spacial score (nSPS) is 9.93. The van der Waals surface area contributed by atoms with Crippen molar-refractivity contribution < 1.29 is 14.6 Å². The van der Waals surface area contributed by atoms with Crippen molar-refractivity contribution in [2.45, 2.75) is 13.8 Å². The molecule has 0 radical (unpaired) electrons. The number of hydrogen-bond acceptors (Lipinski definition) is 4. The third-order valence-corrected chi connectivity index (χ3v) is 2.23. The number of aromatic hydroxyl groups is 1. The first-order valence-electron chi connectivity index (χ1n) is 4.09. The Kier molecular flexibility index (Phi) is 3.46. The van der Waals surface area contributed by atoms with E-state index in [1.165, 1.54) is 6.07 Å². The molecule has 4 nitrogen and oxygen atoms in total. The Balaban J connectivity index is 3.09. The highest BCUT2D eigenvalue weighted by Gasteiger charge is 2.13. The van der Waals surface area contributed by atoms with Crippen LogP contribution in [0.25, 0.3) is 0 Å². The van der Waals surface area contributed by atoms with E-state index < -0.39 is 5.97 Å². The summed E-state index contributed by atoms with van der Waals surface area (Å²) >= 11 is 3.06. The number of hydrogen-bond donors (Lipinski definition) is 1. The SMILES string of the molecule is CCOC(=O)c1cc(O)c(Br)nc1C. The fourth-order valence-electron chi connectivity index (χ4n) is 0.981. The van der Waals surface area contributed by atoms with Crippen molar-refractivity contribution in [1.82, 2.24) is 4.98 Å². The van der Waals surface area contributed by atoms with Gasteiger partial charge in [0.1, 0.15) is 10.4 Å². The highest BCUT2D eigenvalue weighted by atomic mass is 79.9. The fraction of sp³-hybridized carbons (Fsp3) is 0.333. The number of carbonyl (C=O) groups is 1. The molecule has 1 N–H and O–H groups in total. The van der Waals surface area contributed by atoms with Crippen molar-refractivity contribution in [3.63, 3.8) is 0 Å². The van der Waals surface area contributed by atoms with Crippen LogP contribution in [0.2, 0.25) is 0 Å². The van der Waals surface area contributed by atoms with Crippen molar-refractivity contribution >= 4 is 21.9 Å². The molecule has 5 heteroatoms. The van der Waals surface area contributed by atoms with Crippen molar-refractivity contribution in [2.24, 2.45) is 0 Å². The number of ether oxygens (including phenoxy) is 1. The Bertz CT molecular complexity index is 365. The maximum atomic E-state index is 11.3. The van der Waals surface area contributed by atoms with Crippen LogP contribution in [0.5, 0.6) is 5.75 Å². The minimum Gasteiger partial charge on any atom is -0.505 e. The summed E-state index contributed by atoms with van der Waals surface area (Å²) in [5.41, 5.74) is 0.806. The Labute approximate surface area is 90.0 Å². The summed E-state index contributed by atoms with van der Waals surface area (Å²) in [6, 6.07) is 1.34. The molecule has 1 heterocycles. The number of halogens is 1. The van der Waals surface area contributed by atoms with Gasteiger partial charge < -0.3 is 9.84 Å². The summed E-state index contributed by atoms with van der Waals surface area (Å²) in [5, 5.41) is 9.32. The van der Waals surface area contributed by atoms with E-state index in [1.807, 2.05) is 0 Å². The minimum atomic E-state index is -0.472. The summed E-state index contributed by atoms with van der Waals surface area (Å²) in [4.78, 5) is 15.3. The van der Waals surface area contributed by atoms with Gasteiger partial charge in [0.05, 0.1) is 17.9 Å². The molecule has 0 saturated heterocycles. The van der Waals surface area contributed by atoms with E-state index in [0.717, 1.165) is 0 Å². The molecular weight excluding hydrogens is 250 g/mol. The molecule has 0 atom stereocenters. The summed E-state index contributed by atoms with van der Waals surface area (Å²) < 4.78 is 5.12. The summed E-state index contributed by atoms with van der Waals surface area (Å²) in [6.45, 7) is 3.70. The zero-order valence-corrected chi connectivity index (χ0v) is 9.46. The monoisotopic (exact) mass is 259 g/mol. The molecule has 1 aromatic heterocycles. The quantitative estimate of drug-likeness (QED) is 0.653. The summed E-state index contributed by atoms with van der Waals surface area (Å²) in [6.07, 6.45) is 0. The lowest BCUT2D eigenvalue weighted by molar-refractivity contribution is 0.0524. The Morgan fingerprint density at radius 2 is 2.36 bits per heavy atom. The second-order valence-corrected chi connectivity index (χ2v) is 3.40. The van der Waals surface area contributed by atoms with Crippen molar-refractivity contribution in [3.05, 3.63) is 21.9 Å². The molecule has 0 spiro atoms. The molecule has 0 aromatic carbocycles. The van der Waals surface area contributed by atoms with E-state index in [2.05, 4.69) is 20.9 Å². The average Bonchev–Trinajstić information content (AvgIpc) is 2.11. The molecule has 1 aromatic rings. The first-order valence-corrected chi connectivity index (χ1v) is 4.88. The van der Waals surface area contributed by atoms with E-state index in [4.69, 9.17) is 4.74 Å².